The van der Waals surface area contributed by atoms with Crippen LogP contribution in [-0.2, 0) is 9.53 Å². The predicted octanol–water partition coefficient (Wildman–Crippen LogP) is 4.90. The summed E-state index contributed by atoms with van der Waals surface area (Å²) in [4.78, 5) is 16.7. The van der Waals surface area contributed by atoms with Gasteiger partial charge in [-0.15, -0.1) is 22.7 Å². The van der Waals surface area contributed by atoms with Crippen molar-refractivity contribution in [1.29, 1.82) is 0 Å². The second-order valence-electron chi connectivity index (χ2n) is 4.92. The highest BCUT2D eigenvalue weighted by Crippen LogP contribution is 2.37. The molecule has 4 heteroatoms. The summed E-state index contributed by atoms with van der Waals surface area (Å²) in [7, 11) is 0. The van der Waals surface area contributed by atoms with Gasteiger partial charge in [0, 0.05) is 25.9 Å². The molecule has 0 saturated heterocycles. The highest BCUT2D eigenvalue weighted by atomic mass is 32.1. The Kier molecular flexibility index (Phi) is 5.00. The number of esters is 1. The van der Waals surface area contributed by atoms with Crippen LogP contribution in [-0.4, -0.2) is 12.1 Å². The van der Waals surface area contributed by atoms with Crippen molar-refractivity contribution in [3.05, 3.63) is 43.8 Å². The van der Waals surface area contributed by atoms with Gasteiger partial charge in [-0.3, -0.25) is 4.79 Å². The molecule has 2 aromatic rings. The average Bonchev–Trinajstić information content (AvgIpc) is 2.99. The van der Waals surface area contributed by atoms with E-state index in [2.05, 4.69) is 38.1 Å². The molecule has 0 bridgehead atoms. The fraction of sp³-hybridized carbons (Fsp3) is 0.438. The molecule has 0 aliphatic carbocycles. The smallest absolute Gasteiger partial charge is 0.305 e. The second-order valence-corrected chi connectivity index (χ2v) is 7.56. The molecule has 0 aromatic carbocycles. The van der Waals surface area contributed by atoms with Crippen LogP contribution in [0.1, 0.15) is 45.7 Å². The highest BCUT2D eigenvalue weighted by molar-refractivity contribution is 7.13. The topological polar surface area (TPSA) is 26.3 Å². The van der Waals surface area contributed by atoms with E-state index >= 15 is 0 Å². The summed E-state index contributed by atoms with van der Waals surface area (Å²) in [5, 5.41) is 0. The molecule has 108 valence electrons. The van der Waals surface area contributed by atoms with Crippen LogP contribution in [0.4, 0.5) is 0 Å². The van der Waals surface area contributed by atoms with Crippen LogP contribution in [0.25, 0.3) is 0 Å². The van der Waals surface area contributed by atoms with Gasteiger partial charge in [0.05, 0.1) is 5.92 Å². The van der Waals surface area contributed by atoms with Gasteiger partial charge < -0.3 is 4.74 Å². The van der Waals surface area contributed by atoms with Gasteiger partial charge in [-0.2, -0.15) is 0 Å². The van der Waals surface area contributed by atoms with E-state index < -0.39 is 0 Å². The quantitative estimate of drug-likeness (QED) is 0.734. The van der Waals surface area contributed by atoms with Crippen molar-refractivity contribution in [2.45, 2.75) is 46.1 Å². The maximum Gasteiger partial charge on any atom is 0.305 e. The molecule has 2 heterocycles. The largest absolute Gasteiger partial charge is 0.462 e. The lowest BCUT2D eigenvalue weighted by atomic mass is 9.99. The van der Waals surface area contributed by atoms with E-state index in [-0.39, 0.29) is 18.0 Å². The van der Waals surface area contributed by atoms with Crippen LogP contribution in [0.2, 0.25) is 0 Å². The van der Waals surface area contributed by atoms with Gasteiger partial charge in [-0.05, 0) is 45.0 Å². The van der Waals surface area contributed by atoms with Gasteiger partial charge >= 0.3 is 5.97 Å². The number of aryl methyl sites for hydroxylation is 2. The number of thiophene rings is 2. The third-order valence-corrected chi connectivity index (χ3v) is 5.38. The van der Waals surface area contributed by atoms with Crippen LogP contribution in [0.5, 0.6) is 0 Å². The van der Waals surface area contributed by atoms with E-state index in [4.69, 9.17) is 4.74 Å². The van der Waals surface area contributed by atoms with Gasteiger partial charge in [0.1, 0.15) is 6.10 Å². The molecule has 2 aromatic heterocycles. The first-order chi connectivity index (χ1) is 9.51. The predicted molar refractivity (Wildman–Crippen MR) is 85.8 cm³/mol. The van der Waals surface area contributed by atoms with Crippen LogP contribution in [0.15, 0.2) is 24.3 Å². The SMILES string of the molecule is CCC(=O)OC(C)C(c1ccc(C)s1)c1ccc(C)s1. The van der Waals surface area contributed by atoms with E-state index in [1.165, 1.54) is 19.5 Å². The van der Waals surface area contributed by atoms with Crippen LogP contribution >= 0.6 is 22.7 Å². The minimum atomic E-state index is -0.140. The second kappa shape index (κ2) is 6.55. The van der Waals surface area contributed by atoms with Crippen molar-refractivity contribution in [2.24, 2.45) is 0 Å². The van der Waals surface area contributed by atoms with E-state index in [1.54, 1.807) is 22.7 Å². The Hall–Kier alpha value is -1.13. The zero-order chi connectivity index (χ0) is 14.7. The summed E-state index contributed by atoms with van der Waals surface area (Å²) in [5.74, 6) is 0.00644. The molecular weight excluding hydrogens is 288 g/mol. The summed E-state index contributed by atoms with van der Waals surface area (Å²) in [6.07, 6.45) is 0.280. The number of hydrogen-bond acceptors (Lipinski definition) is 4. The molecule has 0 radical (unpaired) electrons. The Morgan fingerprint density at radius 1 is 1.10 bits per heavy atom. The number of carbonyl (C=O) groups excluding carboxylic acids is 1. The summed E-state index contributed by atoms with van der Waals surface area (Å²) >= 11 is 3.56. The van der Waals surface area contributed by atoms with E-state index in [0.29, 0.717) is 6.42 Å². The van der Waals surface area contributed by atoms with E-state index in [1.807, 2.05) is 13.8 Å². The standard InChI is InChI=1S/C16H20O2S2/c1-5-15(17)18-12(4)16(13-8-6-10(2)19-13)14-9-7-11(3)20-14/h6-9,12,16H,5H2,1-4H3. The molecule has 0 N–H and O–H groups in total. The zero-order valence-electron chi connectivity index (χ0n) is 12.3. The molecular formula is C16H20O2S2. The van der Waals surface area contributed by atoms with Gasteiger partial charge in [0.2, 0.25) is 0 Å². The number of hydrogen-bond donors (Lipinski definition) is 0. The monoisotopic (exact) mass is 308 g/mol. The third kappa shape index (κ3) is 3.49. The fourth-order valence-electron chi connectivity index (χ4n) is 2.20. The van der Waals surface area contributed by atoms with Gasteiger partial charge in [-0.1, -0.05) is 6.92 Å². The van der Waals surface area contributed by atoms with Gasteiger partial charge in [0.25, 0.3) is 0 Å². The normalized spacial score (nSPS) is 12.7. The first kappa shape index (κ1) is 15.3. The van der Waals surface area contributed by atoms with Crippen LogP contribution in [0, 0.1) is 13.8 Å². The minimum Gasteiger partial charge on any atom is -0.462 e. The van der Waals surface area contributed by atoms with E-state index in [0.717, 1.165) is 0 Å². The minimum absolute atomic E-state index is 0.135. The molecule has 0 spiro atoms. The number of rotatable bonds is 5. The average molecular weight is 308 g/mol. The Bertz CT molecular complexity index is 543. The maximum absolute atomic E-state index is 11.6. The lowest BCUT2D eigenvalue weighted by Gasteiger charge is -2.22. The van der Waals surface area contributed by atoms with E-state index in [9.17, 15) is 4.79 Å². The summed E-state index contributed by atoms with van der Waals surface area (Å²) < 4.78 is 5.56. The summed E-state index contributed by atoms with van der Waals surface area (Å²) in [6.45, 7) is 8.03. The zero-order valence-corrected chi connectivity index (χ0v) is 13.9. The van der Waals surface area contributed by atoms with Crippen molar-refractivity contribution in [3.63, 3.8) is 0 Å². The fourth-order valence-corrected chi connectivity index (χ4v) is 4.46. The molecule has 2 nitrogen and oxygen atoms in total. The molecule has 0 amide bonds. The highest BCUT2D eigenvalue weighted by Gasteiger charge is 2.26. The van der Waals surface area contributed by atoms with Crippen molar-refractivity contribution in [3.8, 4) is 0 Å². The lowest BCUT2D eigenvalue weighted by molar-refractivity contribution is -0.148. The Labute approximate surface area is 128 Å². The summed E-state index contributed by atoms with van der Waals surface area (Å²) in [6, 6.07) is 8.55. The molecule has 2 rings (SSSR count). The summed E-state index contributed by atoms with van der Waals surface area (Å²) in [5.41, 5.74) is 0. The van der Waals surface area contributed by atoms with Crippen molar-refractivity contribution in [2.75, 3.05) is 0 Å². The number of ether oxygens (including phenoxy) is 1. The molecule has 20 heavy (non-hydrogen) atoms. The molecule has 0 saturated carbocycles. The van der Waals surface area contributed by atoms with Crippen molar-refractivity contribution in [1.82, 2.24) is 0 Å². The lowest BCUT2D eigenvalue weighted by Crippen LogP contribution is -2.22. The molecule has 1 unspecified atom stereocenters. The van der Waals surface area contributed by atoms with Crippen LogP contribution < -0.4 is 0 Å². The molecule has 0 aliphatic heterocycles. The molecule has 0 fully saturated rings. The first-order valence-electron chi connectivity index (χ1n) is 6.83. The van der Waals surface area contributed by atoms with Gasteiger partial charge in [-0.25, -0.2) is 0 Å². The van der Waals surface area contributed by atoms with Crippen molar-refractivity contribution < 1.29 is 9.53 Å². The third-order valence-electron chi connectivity index (χ3n) is 3.21. The van der Waals surface area contributed by atoms with Gasteiger partial charge in [0.15, 0.2) is 0 Å². The molecule has 0 aliphatic rings. The molecule has 1 atom stereocenters. The van der Waals surface area contributed by atoms with Crippen LogP contribution in [0.3, 0.4) is 0 Å². The first-order valence-corrected chi connectivity index (χ1v) is 8.46. The Morgan fingerprint density at radius 2 is 1.60 bits per heavy atom. The van der Waals surface area contributed by atoms with Crippen molar-refractivity contribution >= 4 is 28.6 Å². The number of carbonyl (C=O) groups is 1. The Balaban J connectivity index is 2.31. The maximum atomic E-state index is 11.6. The Morgan fingerprint density at radius 3 is 1.95 bits per heavy atom.